The van der Waals surface area contributed by atoms with Crippen LogP contribution in [0.2, 0.25) is 0 Å². The summed E-state index contributed by atoms with van der Waals surface area (Å²) in [4.78, 5) is 10.8. The molecule has 35 heavy (non-hydrogen) atoms. The number of aryl methyl sites for hydroxylation is 2. The number of carbonyl (C=O) groups excluding carboxylic acids is 1. The number of Topliss-reactive ketones (excluding diaryl/α,β-unsaturated/α-hetero) is 1. The third-order valence-electron chi connectivity index (χ3n) is 5.57. The summed E-state index contributed by atoms with van der Waals surface area (Å²) in [6.07, 6.45) is 17.8. The summed E-state index contributed by atoms with van der Waals surface area (Å²) >= 11 is 6.74. The van der Waals surface area contributed by atoms with Gasteiger partial charge in [-0.15, -0.1) is 6.42 Å². The first-order valence-electron chi connectivity index (χ1n) is 12.5. The molecule has 0 unspecified atom stereocenters. The lowest BCUT2D eigenvalue weighted by atomic mass is 9.99. The highest BCUT2D eigenvalue weighted by Gasteiger charge is 2.10. The van der Waals surface area contributed by atoms with Crippen LogP contribution < -0.4 is 0 Å². The molecular weight excluding hydrogens is 564 g/mol. The van der Waals surface area contributed by atoms with Gasteiger partial charge in [-0.25, -0.2) is 0 Å². The highest BCUT2D eigenvalue weighted by atomic mass is 79.9. The molecule has 0 saturated carbocycles. The van der Waals surface area contributed by atoms with E-state index in [-0.39, 0.29) is 0 Å². The number of halogens is 2. The van der Waals surface area contributed by atoms with Gasteiger partial charge in [0.2, 0.25) is 0 Å². The number of benzene rings is 2. The lowest BCUT2D eigenvalue weighted by molar-refractivity contribution is -0.117. The van der Waals surface area contributed by atoms with Crippen molar-refractivity contribution in [2.75, 3.05) is 0 Å². The molecular formula is C31H40Br2O2. The van der Waals surface area contributed by atoms with Crippen LogP contribution >= 0.6 is 31.9 Å². The lowest BCUT2D eigenvalue weighted by Gasteiger charge is -2.16. The molecule has 190 valence electrons. The summed E-state index contributed by atoms with van der Waals surface area (Å²) in [5.74, 6) is 2.95. The molecule has 0 atom stereocenters. The van der Waals surface area contributed by atoms with Crippen LogP contribution in [0.5, 0.6) is 0 Å². The van der Waals surface area contributed by atoms with Gasteiger partial charge in [-0.1, -0.05) is 61.6 Å². The van der Waals surface area contributed by atoms with Gasteiger partial charge in [0, 0.05) is 12.0 Å². The number of hydrogen-bond donors (Lipinski definition) is 1. The normalized spacial score (nSPS) is 10.7. The van der Waals surface area contributed by atoms with Gasteiger partial charge in [0.05, 0.1) is 8.99 Å². The predicted octanol–water partition coefficient (Wildman–Crippen LogP) is 9.01. The van der Waals surface area contributed by atoms with Crippen molar-refractivity contribution >= 4 is 43.7 Å². The number of carbonyl (C=O) groups is 1. The zero-order chi connectivity index (χ0) is 26.1. The Balaban J connectivity index is 0.000000351. The first-order chi connectivity index (χ1) is 16.6. The van der Waals surface area contributed by atoms with E-state index in [1.54, 1.807) is 6.92 Å². The molecule has 0 amide bonds. The minimum atomic E-state index is -0.524. The van der Waals surface area contributed by atoms with Crippen molar-refractivity contribution in [1.82, 2.24) is 0 Å². The fraction of sp³-hybridized carbons (Fsp3) is 0.452. The zero-order valence-corrected chi connectivity index (χ0v) is 24.6. The fourth-order valence-electron chi connectivity index (χ4n) is 3.72. The standard InChI is InChI=1S/C16H22O.C15H18Br2O/c1-4-14-10-8-11-15(13-14)9-6-5-7-12-16(2,3)17;1-12(18)6-3-2-4-7-13-8-5-9-14(10-13)11-15(16)17/h1,8,10-11,13,17H,5-7,9,12H2,2-3H3;5,8-11H,2-4,6-7H2,1H3. The molecule has 0 radical (unpaired) electrons. The average Bonchev–Trinajstić information content (AvgIpc) is 2.78. The van der Waals surface area contributed by atoms with Crippen LogP contribution in [0.4, 0.5) is 0 Å². The van der Waals surface area contributed by atoms with Gasteiger partial charge in [0.25, 0.3) is 0 Å². The molecule has 1 N–H and O–H groups in total. The van der Waals surface area contributed by atoms with Crippen LogP contribution in [0.25, 0.3) is 6.08 Å². The summed E-state index contributed by atoms with van der Waals surface area (Å²) in [5, 5.41) is 9.58. The monoisotopic (exact) mass is 602 g/mol. The Morgan fingerprint density at radius 3 is 2.11 bits per heavy atom. The van der Waals surface area contributed by atoms with Crippen molar-refractivity contribution in [2.45, 2.75) is 90.6 Å². The molecule has 2 aromatic rings. The van der Waals surface area contributed by atoms with Crippen LogP contribution in [-0.2, 0) is 17.6 Å². The first-order valence-corrected chi connectivity index (χ1v) is 14.1. The molecule has 0 heterocycles. The van der Waals surface area contributed by atoms with Crippen LogP contribution in [0.3, 0.4) is 0 Å². The SMILES string of the molecule is C#Cc1cccc(CCCCCC(C)(C)O)c1.CC(=O)CCCCCc1cccc(C=C(Br)Br)c1. The molecule has 0 spiro atoms. The molecule has 2 aromatic carbocycles. The second kappa shape index (κ2) is 17.7. The van der Waals surface area contributed by atoms with E-state index in [1.165, 1.54) is 16.7 Å². The molecule has 0 aromatic heterocycles. The second-order valence-corrected chi connectivity index (χ2v) is 12.4. The molecule has 0 saturated heterocycles. The van der Waals surface area contributed by atoms with E-state index in [0.717, 1.165) is 73.2 Å². The Bertz CT molecular complexity index is 960. The van der Waals surface area contributed by atoms with E-state index < -0.39 is 5.60 Å². The Hall–Kier alpha value is -1.67. The molecule has 4 heteroatoms. The maximum atomic E-state index is 10.8. The number of rotatable bonds is 13. The summed E-state index contributed by atoms with van der Waals surface area (Å²) < 4.78 is 0.952. The third kappa shape index (κ3) is 17.4. The highest BCUT2D eigenvalue weighted by Crippen LogP contribution is 2.19. The summed E-state index contributed by atoms with van der Waals surface area (Å²) in [7, 11) is 0. The van der Waals surface area contributed by atoms with E-state index in [4.69, 9.17) is 6.42 Å². The molecule has 0 fully saturated rings. The van der Waals surface area contributed by atoms with Crippen LogP contribution in [0, 0.1) is 12.3 Å². The summed E-state index contributed by atoms with van der Waals surface area (Å²) in [6, 6.07) is 16.7. The van der Waals surface area contributed by atoms with Gasteiger partial charge >= 0.3 is 0 Å². The fourth-order valence-corrected chi connectivity index (χ4v) is 4.25. The Labute approximate surface area is 229 Å². The maximum Gasteiger partial charge on any atom is 0.129 e. The van der Waals surface area contributed by atoms with Crippen molar-refractivity contribution in [2.24, 2.45) is 0 Å². The average molecular weight is 604 g/mol. The van der Waals surface area contributed by atoms with Gasteiger partial charge in [0.1, 0.15) is 5.78 Å². The second-order valence-electron chi connectivity index (χ2n) is 9.66. The summed E-state index contributed by atoms with van der Waals surface area (Å²) in [5.41, 5.74) is 4.29. The van der Waals surface area contributed by atoms with Gasteiger partial charge < -0.3 is 9.90 Å². The molecule has 2 rings (SSSR count). The van der Waals surface area contributed by atoms with Crippen LogP contribution in [0.15, 0.2) is 51.9 Å². The van der Waals surface area contributed by atoms with E-state index in [1.807, 2.05) is 32.1 Å². The third-order valence-corrected chi connectivity index (χ3v) is 6.03. The number of aliphatic hydroxyl groups is 1. The first kappa shape index (κ1) is 31.4. The van der Waals surface area contributed by atoms with E-state index in [9.17, 15) is 9.90 Å². The smallest absolute Gasteiger partial charge is 0.129 e. The molecule has 0 aliphatic heterocycles. The highest BCUT2D eigenvalue weighted by molar-refractivity contribution is 9.28. The Morgan fingerprint density at radius 2 is 1.54 bits per heavy atom. The molecule has 0 aliphatic carbocycles. The maximum absolute atomic E-state index is 10.8. The Morgan fingerprint density at radius 1 is 0.943 bits per heavy atom. The lowest BCUT2D eigenvalue weighted by Crippen LogP contribution is -2.17. The number of terminal acetylenes is 1. The van der Waals surface area contributed by atoms with Crippen LogP contribution in [-0.4, -0.2) is 16.5 Å². The van der Waals surface area contributed by atoms with E-state index in [2.05, 4.69) is 74.2 Å². The largest absolute Gasteiger partial charge is 0.390 e. The van der Waals surface area contributed by atoms with Gasteiger partial charge in [-0.05, 0) is 126 Å². The van der Waals surface area contributed by atoms with E-state index >= 15 is 0 Å². The molecule has 0 aliphatic rings. The minimum Gasteiger partial charge on any atom is -0.390 e. The molecule has 2 nitrogen and oxygen atoms in total. The van der Waals surface area contributed by atoms with Gasteiger partial charge in [0.15, 0.2) is 0 Å². The van der Waals surface area contributed by atoms with Gasteiger partial charge in [-0.2, -0.15) is 0 Å². The van der Waals surface area contributed by atoms with Crippen molar-refractivity contribution < 1.29 is 9.90 Å². The number of ketones is 1. The number of unbranched alkanes of at least 4 members (excludes halogenated alkanes) is 4. The van der Waals surface area contributed by atoms with Gasteiger partial charge in [-0.3, -0.25) is 0 Å². The van der Waals surface area contributed by atoms with Crippen molar-refractivity contribution in [3.05, 3.63) is 74.2 Å². The van der Waals surface area contributed by atoms with Crippen molar-refractivity contribution in [3.8, 4) is 12.3 Å². The van der Waals surface area contributed by atoms with Crippen molar-refractivity contribution in [1.29, 1.82) is 0 Å². The van der Waals surface area contributed by atoms with Crippen molar-refractivity contribution in [3.63, 3.8) is 0 Å². The number of hydrogen-bond acceptors (Lipinski definition) is 2. The molecule has 0 bridgehead atoms. The van der Waals surface area contributed by atoms with Crippen LogP contribution in [0.1, 0.15) is 94.4 Å². The summed E-state index contributed by atoms with van der Waals surface area (Å²) in [6.45, 7) is 5.39. The quantitative estimate of drug-likeness (QED) is 0.183. The zero-order valence-electron chi connectivity index (χ0n) is 21.5. The minimum absolute atomic E-state index is 0.296. The topological polar surface area (TPSA) is 37.3 Å². The Kier molecular flexibility index (Phi) is 15.9. The predicted molar refractivity (Wildman–Crippen MR) is 158 cm³/mol. The van der Waals surface area contributed by atoms with E-state index in [0.29, 0.717) is 5.78 Å².